The Hall–Kier alpha value is -2.57. The number of hydrogen-bond acceptors (Lipinski definition) is 3. The number of aliphatic carboxylic acids is 1. The fourth-order valence-electron chi connectivity index (χ4n) is 4.03. The summed E-state index contributed by atoms with van der Waals surface area (Å²) in [6.45, 7) is 2.66. The van der Waals surface area contributed by atoms with Crippen LogP contribution in [0.2, 0.25) is 0 Å². The van der Waals surface area contributed by atoms with Crippen molar-refractivity contribution in [1.29, 1.82) is 0 Å². The summed E-state index contributed by atoms with van der Waals surface area (Å²) < 4.78 is 0. The van der Waals surface area contributed by atoms with Gasteiger partial charge in [0.2, 0.25) is 5.91 Å². The standard InChI is InChI=1S/C21H29N3O4/c25-19(26)9-8-18(14-16-6-2-1-3-7-16)22-21(28)24-13-10-17(15-24)20(27)23-11-4-5-12-23/h1-3,6-7,17-18H,4-5,8-15H2,(H,22,28)(H,25,26). The Labute approximate surface area is 165 Å². The second kappa shape index (κ2) is 9.57. The lowest BCUT2D eigenvalue weighted by Gasteiger charge is -2.24. The van der Waals surface area contributed by atoms with E-state index in [0.717, 1.165) is 31.5 Å². The minimum absolute atomic E-state index is 0.00779. The number of hydrogen-bond donors (Lipinski definition) is 2. The van der Waals surface area contributed by atoms with Crippen molar-refractivity contribution in [1.82, 2.24) is 15.1 Å². The van der Waals surface area contributed by atoms with Crippen LogP contribution in [0, 0.1) is 5.92 Å². The lowest BCUT2D eigenvalue weighted by atomic mass is 10.0. The maximum Gasteiger partial charge on any atom is 0.317 e. The van der Waals surface area contributed by atoms with Crippen LogP contribution in [0.1, 0.15) is 37.7 Å². The highest BCUT2D eigenvalue weighted by molar-refractivity contribution is 5.82. The van der Waals surface area contributed by atoms with Crippen molar-refractivity contribution in [3.05, 3.63) is 35.9 Å². The molecular formula is C21H29N3O4. The summed E-state index contributed by atoms with van der Waals surface area (Å²) in [4.78, 5) is 39.9. The molecule has 0 radical (unpaired) electrons. The first kappa shape index (κ1) is 20.2. The minimum atomic E-state index is -0.871. The topological polar surface area (TPSA) is 90.0 Å². The molecule has 0 saturated carbocycles. The van der Waals surface area contributed by atoms with Gasteiger partial charge in [0, 0.05) is 38.6 Å². The van der Waals surface area contributed by atoms with E-state index in [4.69, 9.17) is 5.11 Å². The van der Waals surface area contributed by atoms with Crippen molar-refractivity contribution in [2.24, 2.45) is 5.92 Å². The molecule has 7 heteroatoms. The number of carbonyl (C=O) groups is 3. The number of nitrogens with zero attached hydrogens (tertiary/aromatic N) is 2. The van der Waals surface area contributed by atoms with E-state index < -0.39 is 5.97 Å². The summed E-state index contributed by atoms with van der Waals surface area (Å²) in [5.74, 6) is -0.820. The molecule has 3 amide bonds. The van der Waals surface area contributed by atoms with E-state index in [1.54, 1.807) is 4.90 Å². The second-order valence-corrected chi connectivity index (χ2v) is 7.73. The first-order valence-corrected chi connectivity index (χ1v) is 10.1. The minimum Gasteiger partial charge on any atom is -0.481 e. The summed E-state index contributed by atoms with van der Waals surface area (Å²) in [6, 6.07) is 9.28. The first-order chi connectivity index (χ1) is 13.5. The number of amides is 3. The highest BCUT2D eigenvalue weighted by atomic mass is 16.4. The Morgan fingerprint density at radius 1 is 1.07 bits per heavy atom. The smallest absolute Gasteiger partial charge is 0.317 e. The summed E-state index contributed by atoms with van der Waals surface area (Å²) in [5.41, 5.74) is 1.06. The Morgan fingerprint density at radius 3 is 2.46 bits per heavy atom. The highest BCUT2D eigenvalue weighted by Gasteiger charge is 2.34. The summed E-state index contributed by atoms with van der Waals surface area (Å²) in [7, 11) is 0. The quantitative estimate of drug-likeness (QED) is 0.750. The van der Waals surface area contributed by atoms with Gasteiger partial charge in [0.05, 0.1) is 5.92 Å². The SMILES string of the molecule is O=C(O)CCC(Cc1ccccc1)NC(=O)N1CCC(C(=O)N2CCCC2)C1. The van der Waals surface area contributed by atoms with E-state index in [-0.39, 0.29) is 30.3 Å². The van der Waals surface area contributed by atoms with Crippen LogP contribution in [0.3, 0.4) is 0 Å². The van der Waals surface area contributed by atoms with E-state index in [9.17, 15) is 14.4 Å². The molecule has 152 valence electrons. The van der Waals surface area contributed by atoms with E-state index in [1.165, 1.54) is 0 Å². The number of rotatable bonds is 7. The van der Waals surface area contributed by atoms with Crippen molar-refractivity contribution in [2.75, 3.05) is 26.2 Å². The Balaban J connectivity index is 1.55. The molecule has 2 atom stereocenters. The molecule has 7 nitrogen and oxygen atoms in total. The average molecular weight is 387 g/mol. The Bertz CT molecular complexity index is 688. The van der Waals surface area contributed by atoms with Gasteiger partial charge in [0.1, 0.15) is 0 Å². The number of urea groups is 1. The van der Waals surface area contributed by atoms with Crippen LogP contribution < -0.4 is 5.32 Å². The van der Waals surface area contributed by atoms with E-state index in [1.807, 2.05) is 35.2 Å². The zero-order valence-corrected chi connectivity index (χ0v) is 16.2. The molecule has 0 aliphatic carbocycles. The largest absolute Gasteiger partial charge is 0.481 e. The van der Waals surface area contributed by atoms with Crippen molar-refractivity contribution >= 4 is 17.9 Å². The van der Waals surface area contributed by atoms with Gasteiger partial charge in [0.25, 0.3) is 0 Å². The third kappa shape index (κ3) is 5.47. The summed E-state index contributed by atoms with van der Waals surface area (Å²) >= 11 is 0. The van der Waals surface area contributed by atoms with Gasteiger partial charge in [-0.15, -0.1) is 0 Å². The van der Waals surface area contributed by atoms with Gasteiger partial charge in [-0.25, -0.2) is 4.79 Å². The molecule has 0 bridgehead atoms. The molecule has 28 heavy (non-hydrogen) atoms. The highest BCUT2D eigenvalue weighted by Crippen LogP contribution is 2.21. The maximum absolute atomic E-state index is 12.7. The average Bonchev–Trinajstić information content (AvgIpc) is 3.38. The van der Waals surface area contributed by atoms with E-state index >= 15 is 0 Å². The predicted molar refractivity (Wildman–Crippen MR) is 105 cm³/mol. The molecule has 1 aromatic carbocycles. The van der Waals surface area contributed by atoms with E-state index in [0.29, 0.717) is 32.4 Å². The molecule has 2 heterocycles. The molecule has 3 rings (SSSR count). The number of carboxylic acids is 1. The van der Waals surface area contributed by atoms with Gasteiger partial charge in [-0.2, -0.15) is 0 Å². The Kier molecular flexibility index (Phi) is 6.90. The molecule has 2 fully saturated rings. The van der Waals surface area contributed by atoms with Crippen LogP contribution in [0.15, 0.2) is 30.3 Å². The van der Waals surface area contributed by atoms with Crippen molar-refractivity contribution in [2.45, 2.75) is 44.6 Å². The number of carbonyl (C=O) groups excluding carboxylic acids is 2. The molecule has 0 aromatic heterocycles. The van der Waals surface area contributed by atoms with Crippen LogP contribution in [0.25, 0.3) is 0 Å². The van der Waals surface area contributed by atoms with Gasteiger partial charge >= 0.3 is 12.0 Å². The molecule has 2 aliphatic rings. The fraction of sp³-hybridized carbons (Fsp3) is 0.571. The summed E-state index contributed by atoms with van der Waals surface area (Å²) in [6.07, 6.45) is 3.79. The summed E-state index contributed by atoms with van der Waals surface area (Å²) in [5, 5.41) is 12.0. The predicted octanol–water partition coefficient (Wildman–Crippen LogP) is 2.12. The number of carboxylic acid groups (broad SMARTS) is 1. The van der Waals surface area contributed by atoms with Crippen LogP contribution in [-0.4, -0.2) is 65.0 Å². The number of nitrogens with one attached hydrogen (secondary N) is 1. The molecular weight excluding hydrogens is 358 g/mol. The normalized spacial score (nSPS) is 20.2. The molecule has 2 aliphatic heterocycles. The van der Waals surface area contributed by atoms with Crippen molar-refractivity contribution in [3.63, 3.8) is 0 Å². The van der Waals surface area contributed by atoms with Gasteiger partial charge in [-0.1, -0.05) is 30.3 Å². The lowest BCUT2D eigenvalue weighted by molar-refractivity contribution is -0.137. The van der Waals surface area contributed by atoms with Crippen LogP contribution >= 0.6 is 0 Å². The van der Waals surface area contributed by atoms with Crippen LogP contribution in [0.4, 0.5) is 4.79 Å². The third-order valence-electron chi connectivity index (χ3n) is 5.60. The monoisotopic (exact) mass is 387 g/mol. The van der Waals surface area contributed by atoms with E-state index in [2.05, 4.69) is 5.32 Å². The van der Waals surface area contributed by atoms with Crippen molar-refractivity contribution < 1.29 is 19.5 Å². The maximum atomic E-state index is 12.7. The molecule has 0 spiro atoms. The van der Waals surface area contributed by atoms with Gasteiger partial charge in [-0.3, -0.25) is 9.59 Å². The molecule has 2 saturated heterocycles. The Morgan fingerprint density at radius 2 is 1.79 bits per heavy atom. The number of benzene rings is 1. The number of likely N-dealkylation sites (tertiary alicyclic amines) is 2. The third-order valence-corrected chi connectivity index (χ3v) is 5.60. The fourth-order valence-corrected chi connectivity index (χ4v) is 4.03. The molecule has 1 aromatic rings. The van der Waals surface area contributed by atoms with Gasteiger partial charge in [-0.05, 0) is 37.7 Å². The second-order valence-electron chi connectivity index (χ2n) is 7.73. The van der Waals surface area contributed by atoms with Crippen molar-refractivity contribution in [3.8, 4) is 0 Å². The molecule has 2 N–H and O–H groups in total. The van der Waals surface area contributed by atoms with Gasteiger partial charge in [0.15, 0.2) is 0 Å². The first-order valence-electron chi connectivity index (χ1n) is 10.1. The zero-order chi connectivity index (χ0) is 19.9. The molecule has 2 unspecified atom stereocenters. The zero-order valence-electron chi connectivity index (χ0n) is 16.2. The van der Waals surface area contributed by atoms with Crippen LogP contribution in [-0.2, 0) is 16.0 Å². The lowest BCUT2D eigenvalue weighted by Crippen LogP contribution is -2.45. The van der Waals surface area contributed by atoms with Crippen LogP contribution in [0.5, 0.6) is 0 Å². The van der Waals surface area contributed by atoms with Gasteiger partial charge < -0.3 is 20.2 Å².